The quantitative estimate of drug-likeness (QED) is 0.633. The average molecular weight is 163 g/mol. The Morgan fingerprint density at radius 1 is 1.67 bits per heavy atom. The maximum atomic E-state index is 10.8. The van der Waals surface area contributed by atoms with E-state index in [4.69, 9.17) is 5.73 Å². The summed E-state index contributed by atoms with van der Waals surface area (Å²) in [6.45, 7) is 3.31. The van der Waals surface area contributed by atoms with Crippen LogP contribution in [0.4, 0.5) is 11.6 Å². The largest absolute Gasteiger partial charge is 0.384 e. The van der Waals surface area contributed by atoms with Crippen LogP contribution in [0.2, 0.25) is 0 Å². The fraction of sp³-hybridized carbons (Fsp3) is 0. The molecule has 1 heterocycles. The molecule has 0 spiro atoms. The van der Waals surface area contributed by atoms with Crippen molar-refractivity contribution in [2.75, 3.05) is 11.1 Å². The summed E-state index contributed by atoms with van der Waals surface area (Å²) in [6.07, 6.45) is 1.17. The molecule has 0 aromatic carbocycles. The molecule has 4 heteroatoms. The number of nitrogens with two attached hydrogens (primary N) is 1. The monoisotopic (exact) mass is 163 g/mol. The van der Waals surface area contributed by atoms with Crippen LogP contribution >= 0.6 is 0 Å². The first-order valence-corrected chi connectivity index (χ1v) is 3.38. The van der Waals surface area contributed by atoms with E-state index in [-0.39, 0.29) is 5.91 Å². The van der Waals surface area contributed by atoms with Crippen molar-refractivity contribution in [2.24, 2.45) is 0 Å². The zero-order chi connectivity index (χ0) is 8.97. The normalized spacial score (nSPS) is 9.00. The van der Waals surface area contributed by atoms with Crippen LogP contribution in [0, 0.1) is 0 Å². The van der Waals surface area contributed by atoms with E-state index in [9.17, 15) is 4.79 Å². The lowest BCUT2D eigenvalue weighted by atomic mass is 10.4. The minimum absolute atomic E-state index is 0.298. The number of hydrogen-bond donors (Lipinski definition) is 2. The molecule has 62 valence electrons. The molecule has 0 bridgehead atoms. The molecule has 0 saturated heterocycles. The highest BCUT2D eigenvalue weighted by Crippen LogP contribution is 2.04. The number of anilines is 2. The predicted molar refractivity (Wildman–Crippen MR) is 47.5 cm³/mol. The molecular weight excluding hydrogens is 154 g/mol. The van der Waals surface area contributed by atoms with Gasteiger partial charge in [0.05, 0.1) is 0 Å². The second-order valence-electron chi connectivity index (χ2n) is 2.14. The molecule has 0 saturated carbocycles. The molecular formula is C8H9N3O. The molecule has 0 unspecified atom stereocenters. The van der Waals surface area contributed by atoms with E-state index in [1.54, 1.807) is 18.2 Å². The van der Waals surface area contributed by atoms with Gasteiger partial charge in [-0.05, 0) is 18.2 Å². The van der Waals surface area contributed by atoms with E-state index in [0.29, 0.717) is 11.6 Å². The second kappa shape index (κ2) is 3.52. The molecule has 0 atom stereocenters. The SMILES string of the molecule is C=CC(=O)Nc1cccc(N)n1. The summed E-state index contributed by atoms with van der Waals surface area (Å²) in [6, 6.07) is 5.00. The zero-order valence-corrected chi connectivity index (χ0v) is 6.45. The molecule has 1 rings (SSSR count). The molecule has 12 heavy (non-hydrogen) atoms. The van der Waals surface area contributed by atoms with Gasteiger partial charge in [-0.25, -0.2) is 4.98 Å². The highest BCUT2D eigenvalue weighted by molar-refractivity contribution is 5.98. The smallest absolute Gasteiger partial charge is 0.248 e. The molecule has 1 amide bonds. The van der Waals surface area contributed by atoms with Gasteiger partial charge < -0.3 is 11.1 Å². The van der Waals surface area contributed by atoms with Gasteiger partial charge in [0.15, 0.2) is 0 Å². The van der Waals surface area contributed by atoms with Crippen molar-refractivity contribution in [3.05, 3.63) is 30.9 Å². The minimum Gasteiger partial charge on any atom is -0.384 e. The molecule has 0 aliphatic rings. The van der Waals surface area contributed by atoms with E-state index in [1.807, 2.05) is 0 Å². The van der Waals surface area contributed by atoms with Gasteiger partial charge >= 0.3 is 0 Å². The summed E-state index contributed by atoms with van der Waals surface area (Å²) in [7, 11) is 0. The maximum Gasteiger partial charge on any atom is 0.248 e. The molecule has 0 aliphatic carbocycles. The molecule has 0 fully saturated rings. The van der Waals surface area contributed by atoms with Crippen molar-refractivity contribution < 1.29 is 4.79 Å². The van der Waals surface area contributed by atoms with Gasteiger partial charge in [0.2, 0.25) is 5.91 Å². The highest BCUT2D eigenvalue weighted by Gasteiger charge is 1.96. The average Bonchev–Trinajstić information content (AvgIpc) is 2.04. The third-order valence-corrected chi connectivity index (χ3v) is 1.21. The zero-order valence-electron chi connectivity index (χ0n) is 6.45. The van der Waals surface area contributed by atoms with E-state index < -0.39 is 0 Å². The minimum atomic E-state index is -0.298. The van der Waals surface area contributed by atoms with Crippen molar-refractivity contribution in [3.63, 3.8) is 0 Å². The molecule has 3 N–H and O–H groups in total. The number of amides is 1. The van der Waals surface area contributed by atoms with E-state index in [0.717, 1.165) is 0 Å². The third kappa shape index (κ3) is 2.09. The Balaban J connectivity index is 2.76. The van der Waals surface area contributed by atoms with Gasteiger partial charge in [0.1, 0.15) is 11.6 Å². The summed E-state index contributed by atoms with van der Waals surface area (Å²) < 4.78 is 0. The lowest BCUT2D eigenvalue weighted by Crippen LogP contribution is -2.09. The van der Waals surface area contributed by atoms with Crippen molar-refractivity contribution in [1.29, 1.82) is 0 Å². The number of pyridine rings is 1. The molecule has 0 aliphatic heterocycles. The van der Waals surface area contributed by atoms with Crippen LogP contribution in [-0.2, 0) is 4.79 Å². The Bertz CT molecular complexity index is 309. The summed E-state index contributed by atoms with van der Waals surface area (Å²) >= 11 is 0. The lowest BCUT2D eigenvalue weighted by Gasteiger charge is -2.00. The number of hydrogen-bond acceptors (Lipinski definition) is 3. The van der Waals surface area contributed by atoms with Crippen molar-refractivity contribution in [3.8, 4) is 0 Å². The Morgan fingerprint density at radius 2 is 2.42 bits per heavy atom. The van der Waals surface area contributed by atoms with Crippen LogP contribution < -0.4 is 11.1 Å². The lowest BCUT2D eigenvalue weighted by molar-refractivity contribution is -0.111. The summed E-state index contributed by atoms with van der Waals surface area (Å²) in [5.41, 5.74) is 5.39. The number of carbonyl (C=O) groups is 1. The van der Waals surface area contributed by atoms with Crippen LogP contribution in [0.1, 0.15) is 0 Å². The van der Waals surface area contributed by atoms with E-state index in [2.05, 4.69) is 16.9 Å². The third-order valence-electron chi connectivity index (χ3n) is 1.21. The van der Waals surface area contributed by atoms with Gasteiger partial charge in [-0.3, -0.25) is 4.79 Å². The Labute approximate surface area is 70.1 Å². The van der Waals surface area contributed by atoms with Crippen LogP contribution in [0.5, 0.6) is 0 Å². The van der Waals surface area contributed by atoms with Gasteiger partial charge in [-0.1, -0.05) is 12.6 Å². The number of aromatic nitrogens is 1. The Morgan fingerprint density at radius 3 is 3.00 bits per heavy atom. The topological polar surface area (TPSA) is 68.0 Å². The predicted octanol–water partition coefficient (Wildman–Crippen LogP) is 0.788. The number of rotatable bonds is 2. The molecule has 1 aromatic rings. The first-order chi connectivity index (χ1) is 5.72. The first-order valence-electron chi connectivity index (χ1n) is 3.38. The molecule has 0 radical (unpaired) electrons. The van der Waals surface area contributed by atoms with Crippen LogP contribution in [0.15, 0.2) is 30.9 Å². The second-order valence-corrected chi connectivity index (χ2v) is 2.14. The molecule has 1 aromatic heterocycles. The number of carbonyl (C=O) groups excluding carboxylic acids is 1. The number of nitrogens with zero attached hydrogens (tertiary/aromatic N) is 1. The standard InChI is InChI=1S/C8H9N3O/c1-2-8(12)11-7-5-3-4-6(9)10-7/h2-5H,1H2,(H3,9,10,11,12). The summed E-state index contributed by atoms with van der Waals surface area (Å²) in [5.74, 6) is 0.505. The van der Waals surface area contributed by atoms with Gasteiger partial charge in [0, 0.05) is 0 Å². The van der Waals surface area contributed by atoms with Crippen LogP contribution in [0.25, 0.3) is 0 Å². The highest BCUT2D eigenvalue weighted by atomic mass is 16.1. The summed E-state index contributed by atoms with van der Waals surface area (Å²) in [5, 5.41) is 2.48. The van der Waals surface area contributed by atoms with Crippen molar-refractivity contribution in [1.82, 2.24) is 4.98 Å². The first kappa shape index (κ1) is 8.26. The summed E-state index contributed by atoms with van der Waals surface area (Å²) in [4.78, 5) is 14.6. The fourth-order valence-electron chi connectivity index (χ4n) is 0.698. The maximum absolute atomic E-state index is 10.8. The molecule has 4 nitrogen and oxygen atoms in total. The number of nitrogens with one attached hydrogen (secondary N) is 1. The Hall–Kier alpha value is -1.84. The number of nitrogen functional groups attached to an aromatic ring is 1. The van der Waals surface area contributed by atoms with Crippen molar-refractivity contribution in [2.45, 2.75) is 0 Å². The van der Waals surface area contributed by atoms with Gasteiger partial charge in [-0.15, -0.1) is 0 Å². The van der Waals surface area contributed by atoms with E-state index >= 15 is 0 Å². The van der Waals surface area contributed by atoms with Gasteiger partial charge in [0.25, 0.3) is 0 Å². The van der Waals surface area contributed by atoms with Crippen LogP contribution in [0.3, 0.4) is 0 Å². The van der Waals surface area contributed by atoms with Gasteiger partial charge in [-0.2, -0.15) is 0 Å². The Kier molecular flexibility index (Phi) is 2.42. The van der Waals surface area contributed by atoms with Crippen molar-refractivity contribution >= 4 is 17.5 Å². The fourth-order valence-corrected chi connectivity index (χ4v) is 0.698. The van der Waals surface area contributed by atoms with E-state index in [1.165, 1.54) is 6.08 Å². The van der Waals surface area contributed by atoms with Crippen LogP contribution in [-0.4, -0.2) is 10.9 Å².